The summed E-state index contributed by atoms with van der Waals surface area (Å²) in [5, 5.41) is 17.1. The second-order valence-corrected chi connectivity index (χ2v) is 6.05. The Kier molecular flexibility index (Phi) is 3.10. The van der Waals surface area contributed by atoms with Crippen LogP contribution in [-0.2, 0) is 17.6 Å². The van der Waals surface area contributed by atoms with Crippen molar-refractivity contribution in [2.24, 2.45) is 0 Å². The average Bonchev–Trinajstić information content (AvgIpc) is 2.99. The third-order valence-electron chi connectivity index (χ3n) is 4.81. The van der Waals surface area contributed by atoms with Crippen LogP contribution in [0.1, 0.15) is 42.5 Å². The number of benzene rings is 1. The lowest BCUT2D eigenvalue weighted by Gasteiger charge is -2.20. The fourth-order valence-corrected chi connectivity index (χ4v) is 3.73. The summed E-state index contributed by atoms with van der Waals surface area (Å²) in [6.07, 6.45) is 5.40. The quantitative estimate of drug-likeness (QED) is 0.889. The lowest BCUT2D eigenvalue weighted by atomic mass is 9.84. The summed E-state index contributed by atoms with van der Waals surface area (Å²) in [7, 11) is 0. The number of carbonyl (C=O) groups is 1. The topological polar surface area (TPSA) is 66.0 Å². The van der Waals surface area contributed by atoms with Crippen LogP contribution in [0.15, 0.2) is 29.8 Å². The maximum Gasteiger partial charge on any atom is 0.331 e. The SMILES string of the molecule is O=C(O)C1=C(c2n[nH]c3c2CCc2ccccc2-3)CCCC1. The van der Waals surface area contributed by atoms with Gasteiger partial charge in [0.05, 0.1) is 11.4 Å². The zero-order valence-corrected chi connectivity index (χ0v) is 12.4. The molecule has 0 saturated heterocycles. The van der Waals surface area contributed by atoms with Crippen molar-refractivity contribution in [1.82, 2.24) is 10.2 Å². The van der Waals surface area contributed by atoms with Crippen molar-refractivity contribution in [2.45, 2.75) is 38.5 Å². The number of aryl methyl sites for hydroxylation is 1. The zero-order valence-electron chi connectivity index (χ0n) is 12.4. The van der Waals surface area contributed by atoms with Crippen LogP contribution in [0.2, 0.25) is 0 Å². The van der Waals surface area contributed by atoms with E-state index in [0.717, 1.165) is 49.1 Å². The molecule has 2 aliphatic carbocycles. The molecule has 0 atom stereocenters. The first-order valence-electron chi connectivity index (χ1n) is 7.87. The highest BCUT2D eigenvalue weighted by Gasteiger charge is 2.27. The Bertz CT molecular complexity index is 786. The monoisotopic (exact) mass is 294 g/mol. The van der Waals surface area contributed by atoms with E-state index in [-0.39, 0.29) is 0 Å². The molecule has 0 radical (unpaired) electrons. The van der Waals surface area contributed by atoms with Crippen LogP contribution in [0.3, 0.4) is 0 Å². The van der Waals surface area contributed by atoms with Crippen molar-refractivity contribution >= 4 is 11.5 Å². The maximum atomic E-state index is 11.5. The number of carboxylic acids is 1. The molecular formula is C18H18N2O2. The molecule has 1 aromatic heterocycles. The Morgan fingerprint density at radius 3 is 2.77 bits per heavy atom. The van der Waals surface area contributed by atoms with E-state index in [0.29, 0.717) is 12.0 Å². The second-order valence-electron chi connectivity index (χ2n) is 6.05. The third kappa shape index (κ3) is 1.98. The van der Waals surface area contributed by atoms with E-state index < -0.39 is 5.97 Å². The van der Waals surface area contributed by atoms with Gasteiger partial charge in [0.1, 0.15) is 0 Å². The number of aliphatic carboxylic acids is 1. The number of fused-ring (bicyclic) bond motifs is 3. The number of carboxylic acid groups (broad SMARTS) is 1. The van der Waals surface area contributed by atoms with Crippen molar-refractivity contribution in [3.05, 3.63) is 46.7 Å². The van der Waals surface area contributed by atoms with Crippen LogP contribution >= 0.6 is 0 Å². The van der Waals surface area contributed by atoms with E-state index in [9.17, 15) is 9.90 Å². The fraction of sp³-hybridized carbons (Fsp3) is 0.333. The minimum absolute atomic E-state index is 0.555. The molecular weight excluding hydrogens is 276 g/mol. The van der Waals surface area contributed by atoms with Crippen molar-refractivity contribution in [2.75, 3.05) is 0 Å². The molecule has 1 aromatic carbocycles. The molecule has 4 rings (SSSR count). The normalized spacial score (nSPS) is 17.1. The third-order valence-corrected chi connectivity index (χ3v) is 4.81. The predicted molar refractivity (Wildman–Crippen MR) is 84.5 cm³/mol. The van der Waals surface area contributed by atoms with Gasteiger partial charge < -0.3 is 5.11 Å². The van der Waals surface area contributed by atoms with Gasteiger partial charge in [-0.2, -0.15) is 5.10 Å². The number of allylic oxidation sites excluding steroid dienone is 1. The Morgan fingerprint density at radius 2 is 1.91 bits per heavy atom. The van der Waals surface area contributed by atoms with Crippen molar-refractivity contribution in [1.29, 1.82) is 0 Å². The summed E-state index contributed by atoms with van der Waals surface area (Å²) in [5.41, 5.74) is 7.18. The molecule has 0 amide bonds. The predicted octanol–water partition coefficient (Wildman–Crippen LogP) is 3.59. The molecule has 0 aliphatic heterocycles. The van der Waals surface area contributed by atoms with Crippen LogP contribution in [0, 0.1) is 0 Å². The molecule has 1 heterocycles. The summed E-state index contributed by atoms with van der Waals surface area (Å²) < 4.78 is 0. The number of hydrogen-bond donors (Lipinski definition) is 2. The standard InChI is InChI=1S/C18H18N2O2/c21-18(22)14-8-4-3-7-13(14)17-15-10-9-11-5-1-2-6-12(11)16(15)19-20-17/h1-2,5-6H,3-4,7-10H2,(H,19,20)(H,21,22). The van der Waals surface area contributed by atoms with Crippen LogP contribution in [-0.4, -0.2) is 21.3 Å². The summed E-state index contributed by atoms with van der Waals surface area (Å²) in [6.45, 7) is 0. The maximum absolute atomic E-state index is 11.5. The number of H-pyrrole nitrogens is 1. The van der Waals surface area contributed by atoms with Gasteiger partial charge in [-0.3, -0.25) is 5.10 Å². The number of nitrogens with one attached hydrogen (secondary N) is 1. The molecule has 22 heavy (non-hydrogen) atoms. The Labute approximate surface area is 128 Å². The summed E-state index contributed by atoms with van der Waals surface area (Å²) in [5.74, 6) is -0.789. The minimum Gasteiger partial charge on any atom is -0.478 e. The highest BCUT2D eigenvalue weighted by Crippen LogP contribution is 2.39. The van der Waals surface area contributed by atoms with E-state index in [4.69, 9.17) is 0 Å². The largest absolute Gasteiger partial charge is 0.478 e. The van der Waals surface area contributed by atoms with Gasteiger partial charge in [-0.1, -0.05) is 24.3 Å². The smallest absolute Gasteiger partial charge is 0.331 e. The summed E-state index contributed by atoms with van der Waals surface area (Å²) >= 11 is 0. The summed E-state index contributed by atoms with van der Waals surface area (Å²) in [4.78, 5) is 11.5. The Hall–Kier alpha value is -2.36. The van der Waals surface area contributed by atoms with Gasteiger partial charge >= 0.3 is 5.97 Å². The number of aromatic amines is 1. The number of nitrogens with zero attached hydrogens (tertiary/aromatic N) is 1. The summed E-state index contributed by atoms with van der Waals surface area (Å²) in [6, 6.07) is 8.37. The van der Waals surface area contributed by atoms with Gasteiger partial charge in [-0.15, -0.1) is 0 Å². The number of aromatic nitrogens is 2. The molecule has 4 nitrogen and oxygen atoms in total. The molecule has 0 saturated carbocycles. The Balaban J connectivity index is 1.87. The molecule has 0 unspecified atom stereocenters. The highest BCUT2D eigenvalue weighted by atomic mass is 16.4. The number of hydrogen-bond acceptors (Lipinski definition) is 2. The van der Waals surface area contributed by atoms with Crippen molar-refractivity contribution < 1.29 is 9.90 Å². The molecule has 112 valence electrons. The fourth-order valence-electron chi connectivity index (χ4n) is 3.73. The lowest BCUT2D eigenvalue weighted by molar-refractivity contribution is -0.132. The van der Waals surface area contributed by atoms with Crippen LogP contribution in [0.25, 0.3) is 16.8 Å². The van der Waals surface area contributed by atoms with E-state index in [1.165, 1.54) is 16.7 Å². The number of rotatable bonds is 2. The first-order valence-corrected chi connectivity index (χ1v) is 7.87. The van der Waals surface area contributed by atoms with Gasteiger partial charge in [-0.05, 0) is 49.7 Å². The van der Waals surface area contributed by atoms with E-state index in [2.05, 4.69) is 28.4 Å². The highest BCUT2D eigenvalue weighted by molar-refractivity contribution is 5.97. The second kappa shape index (κ2) is 5.13. The van der Waals surface area contributed by atoms with E-state index in [1.54, 1.807) is 0 Å². The van der Waals surface area contributed by atoms with Crippen molar-refractivity contribution in [3.8, 4) is 11.3 Å². The van der Waals surface area contributed by atoms with Crippen molar-refractivity contribution in [3.63, 3.8) is 0 Å². The van der Waals surface area contributed by atoms with Gasteiger partial charge in [0.25, 0.3) is 0 Å². The minimum atomic E-state index is -0.789. The molecule has 4 heteroatoms. The van der Waals surface area contributed by atoms with Crippen LogP contribution in [0.5, 0.6) is 0 Å². The van der Waals surface area contributed by atoms with Gasteiger partial charge in [0, 0.05) is 16.7 Å². The molecule has 2 N–H and O–H groups in total. The first kappa shape index (κ1) is 13.3. The van der Waals surface area contributed by atoms with E-state index in [1.807, 2.05) is 6.07 Å². The van der Waals surface area contributed by atoms with Gasteiger partial charge in [0.15, 0.2) is 0 Å². The first-order chi connectivity index (χ1) is 10.8. The van der Waals surface area contributed by atoms with Gasteiger partial charge in [-0.25, -0.2) is 4.79 Å². The van der Waals surface area contributed by atoms with Gasteiger partial charge in [0.2, 0.25) is 0 Å². The molecule has 2 aliphatic rings. The van der Waals surface area contributed by atoms with Crippen LogP contribution < -0.4 is 0 Å². The molecule has 0 bridgehead atoms. The van der Waals surface area contributed by atoms with Crippen LogP contribution in [0.4, 0.5) is 0 Å². The molecule has 2 aromatic rings. The lowest BCUT2D eigenvalue weighted by Crippen LogP contribution is -2.11. The zero-order chi connectivity index (χ0) is 15.1. The Morgan fingerprint density at radius 1 is 1.09 bits per heavy atom. The molecule has 0 spiro atoms. The van der Waals surface area contributed by atoms with E-state index >= 15 is 0 Å². The molecule has 0 fully saturated rings. The average molecular weight is 294 g/mol.